The van der Waals surface area contributed by atoms with Crippen LogP contribution in [0.15, 0.2) is 134 Å². The molecule has 0 aromatic heterocycles. The Morgan fingerprint density at radius 2 is 0.533 bits per heavy atom. The lowest BCUT2D eigenvalue weighted by molar-refractivity contribution is -0.167. The lowest BCUT2D eigenvalue weighted by atomic mass is 10.1. The van der Waals surface area contributed by atoms with Crippen LogP contribution in [0.3, 0.4) is 0 Å². The number of allylic oxidation sites excluding steroid dienone is 22. The Kier molecular flexibility index (Phi) is 58.4. The van der Waals surface area contributed by atoms with E-state index in [-0.39, 0.29) is 37.5 Å². The molecule has 0 spiro atoms. The van der Waals surface area contributed by atoms with Gasteiger partial charge in [0.25, 0.3) is 0 Å². The van der Waals surface area contributed by atoms with Gasteiger partial charge in [0.05, 0.1) is 0 Å². The van der Waals surface area contributed by atoms with Crippen molar-refractivity contribution in [2.24, 2.45) is 0 Å². The van der Waals surface area contributed by atoms with E-state index in [0.29, 0.717) is 19.3 Å². The van der Waals surface area contributed by atoms with Gasteiger partial charge in [0.1, 0.15) is 13.2 Å². The molecule has 424 valence electrons. The molecular formula is C69H112O6. The van der Waals surface area contributed by atoms with Crippen LogP contribution in [0.25, 0.3) is 0 Å². The standard InChI is InChI=1S/C69H112O6/c1-4-7-10-13-16-19-22-25-28-29-30-31-32-33-34-35-36-37-38-39-40-41-42-45-47-50-53-56-59-62-68(71)74-65-66(75-69(72)63-60-57-54-51-48-44-27-24-21-18-15-12-9-6-3)64-73-67(70)61-58-55-52-49-46-43-26-23-20-17-14-11-8-5-2/h7,10,16,19,23-28,30-31,33-34,36-37,39-40,42,45,50,53,66H,4-6,8-9,11-15,17-18,20-22,29,32,35,38,41,43-44,46-49,51-52,54-65H2,1-3H3/b10-7-,19-16-,26-23-,27-24-,28-25-,31-30-,34-33-,37-36-,40-39-,45-42-,53-50-. The van der Waals surface area contributed by atoms with Gasteiger partial charge in [-0.05, 0) is 135 Å². The van der Waals surface area contributed by atoms with Gasteiger partial charge in [0, 0.05) is 19.3 Å². The van der Waals surface area contributed by atoms with Crippen molar-refractivity contribution in [3.63, 3.8) is 0 Å². The van der Waals surface area contributed by atoms with Gasteiger partial charge in [-0.25, -0.2) is 0 Å². The molecule has 0 aliphatic rings. The van der Waals surface area contributed by atoms with E-state index >= 15 is 0 Å². The highest BCUT2D eigenvalue weighted by Gasteiger charge is 2.19. The van der Waals surface area contributed by atoms with Gasteiger partial charge in [-0.2, -0.15) is 0 Å². The van der Waals surface area contributed by atoms with E-state index in [4.69, 9.17) is 14.2 Å². The van der Waals surface area contributed by atoms with Crippen LogP contribution in [0.1, 0.15) is 265 Å². The molecule has 0 bridgehead atoms. The third-order valence-corrected chi connectivity index (χ3v) is 12.6. The molecule has 0 N–H and O–H groups in total. The van der Waals surface area contributed by atoms with E-state index in [9.17, 15) is 14.4 Å². The van der Waals surface area contributed by atoms with Crippen molar-refractivity contribution in [3.8, 4) is 0 Å². The van der Waals surface area contributed by atoms with Gasteiger partial charge in [-0.15, -0.1) is 0 Å². The zero-order valence-corrected chi connectivity index (χ0v) is 48.5. The monoisotopic (exact) mass is 1040 g/mol. The fraction of sp³-hybridized carbons (Fsp3) is 0.638. The van der Waals surface area contributed by atoms with Gasteiger partial charge in [0.2, 0.25) is 0 Å². The summed E-state index contributed by atoms with van der Waals surface area (Å²) in [6.45, 7) is 6.44. The summed E-state index contributed by atoms with van der Waals surface area (Å²) in [4.78, 5) is 38.2. The van der Waals surface area contributed by atoms with Gasteiger partial charge < -0.3 is 14.2 Å². The summed E-state index contributed by atoms with van der Waals surface area (Å²) >= 11 is 0. The van der Waals surface area contributed by atoms with Gasteiger partial charge in [-0.3, -0.25) is 14.4 Å². The lowest BCUT2D eigenvalue weighted by Crippen LogP contribution is -2.30. The molecule has 1 unspecified atom stereocenters. The summed E-state index contributed by atoms with van der Waals surface area (Å²) in [7, 11) is 0. The van der Waals surface area contributed by atoms with Gasteiger partial charge in [-0.1, -0.05) is 244 Å². The molecule has 0 saturated heterocycles. The van der Waals surface area contributed by atoms with Crippen LogP contribution < -0.4 is 0 Å². The summed E-state index contributed by atoms with van der Waals surface area (Å²) < 4.78 is 16.8. The summed E-state index contributed by atoms with van der Waals surface area (Å²) in [6, 6.07) is 0. The first-order valence-corrected chi connectivity index (χ1v) is 30.7. The van der Waals surface area contributed by atoms with Crippen LogP contribution in [0.4, 0.5) is 0 Å². The first kappa shape index (κ1) is 70.5. The van der Waals surface area contributed by atoms with Crippen molar-refractivity contribution < 1.29 is 28.6 Å². The second-order valence-electron chi connectivity index (χ2n) is 19.9. The second kappa shape index (κ2) is 62.1. The molecule has 0 aliphatic carbocycles. The summed E-state index contributed by atoms with van der Waals surface area (Å²) in [5.74, 6) is -0.987. The average molecular weight is 1040 g/mol. The number of carbonyl (C=O) groups excluding carboxylic acids is 3. The molecule has 0 rings (SSSR count). The Morgan fingerprint density at radius 3 is 0.880 bits per heavy atom. The summed E-state index contributed by atoms with van der Waals surface area (Å²) in [6.07, 6.45) is 87.4. The van der Waals surface area contributed by atoms with Crippen LogP contribution in [0.5, 0.6) is 0 Å². The Bertz CT molecular complexity index is 1620. The SMILES string of the molecule is CC/C=C\C/C=C\C/C=C\C/C=C\C/C=C\C/C=C\C/C=C\C/C=C\C/C=C\CCCC(=O)OCC(COC(=O)CCCCCCC/C=C\CCCCCCC)OC(=O)CCCCCCC/C=C\CCCCCCC. The Balaban J connectivity index is 4.44. The lowest BCUT2D eigenvalue weighted by Gasteiger charge is -2.18. The molecular weight excluding hydrogens is 925 g/mol. The first-order valence-electron chi connectivity index (χ1n) is 30.7. The van der Waals surface area contributed by atoms with E-state index in [2.05, 4.69) is 154 Å². The van der Waals surface area contributed by atoms with Gasteiger partial charge >= 0.3 is 17.9 Å². The van der Waals surface area contributed by atoms with Crippen LogP contribution in [0, 0.1) is 0 Å². The van der Waals surface area contributed by atoms with Crippen molar-refractivity contribution in [2.45, 2.75) is 271 Å². The average Bonchev–Trinajstić information content (AvgIpc) is 3.41. The number of unbranched alkanes of at least 4 members (excludes halogenated alkanes) is 21. The van der Waals surface area contributed by atoms with Crippen molar-refractivity contribution in [1.82, 2.24) is 0 Å². The van der Waals surface area contributed by atoms with Crippen molar-refractivity contribution in [2.75, 3.05) is 13.2 Å². The van der Waals surface area contributed by atoms with E-state index in [1.54, 1.807) is 0 Å². The molecule has 0 fully saturated rings. The largest absolute Gasteiger partial charge is 0.462 e. The first-order chi connectivity index (χ1) is 37.0. The third-order valence-electron chi connectivity index (χ3n) is 12.6. The van der Waals surface area contributed by atoms with Crippen molar-refractivity contribution in [3.05, 3.63) is 134 Å². The molecule has 6 heteroatoms. The van der Waals surface area contributed by atoms with E-state index in [0.717, 1.165) is 128 Å². The predicted molar refractivity (Wildman–Crippen MR) is 325 cm³/mol. The van der Waals surface area contributed by atoms with Gasteiger partial charge in [0.15, 0.2) is 6.10 Å². The number of ether oxygens (including phenoxy) is 3. The molecule has 75 heavy (non-hydrogen) atoms. The molecule has 0 saturated carbocycles. The number of hydrogen-bond acceptors (Lipinski definition) is 6. The van der Waals surface area contributed by atoms with Crippen LogP contribution >= 0.6 is 0 Å². The van der Waals surface area contributed by atoms with Crippen molar-refractivity contribution >= 4 is 17.9 Å². The fourth-order valence-electron chi connectivity index (χ4n) is 8.02. The maximum absolute atomic E-state index is 12.9. The number of hydrogen-bond donors (Lipinski definition) is 0. The third kappa shape index (κ3) is 60.3. The molecule has 0 aliphatic heterocycles. The quantitative estimate of drug-likeness (QED) is 0.0261. The Morgan fingerprint density at radius 1 is 0.280 bits per heavy atom. The topological polar surface area (TPSA) is 78.9 Å². The highest BCUT2D eigenvalue weighted by molar-refractivity contribution is 5.71. The minimum absolute atomic E-state index is 0.107. The number of esters is 3. The molecule has 6 nitrogen and oxygen atoms in total. The normalized spacial score (nSPS) is 13.1. The number of carbonyl (C=O) groups is 3. The Labute approximate surface area is 462 Å². The highest BCUT2D eigenvalue weighted by Crippen LogP contribution is 2.13. The zero-order valence-electron chi connectivity index (χ0n) is 48.5. The molecule has 1 atom stereocenters. The summed E-state index contributed by atoms with van der Waals surface area (Å²) in [5, 5.41) is 0. The van der Waals surface area contributed by atoms with Crippen LogP contribution in [-0.2, 0) is 28.6 Å². The predicted octanol–water partition coefficient (Wildman–Crippen LogP) is 21.0. The fourth-order valence-corrected chi connectivity index (χ4v) is 8.02. The van der Waals surface area contributed by atoms with Crippen LogP contribution in [0.2, 0.25) is 0 Å². The minimum atomic E-state index is -0.813. The Hall–Kier alpha value is -4.45. The molecule has 0 heterocycles. The minimum Gasteiger partial charge on any atom is -0.462 e. The smallest absolute Gasteiger partial charge is 0.306 e. The van der Waals surface area contributed by atoms with E-state index in [1.807, 2.05) is 0 Å². The van der Waals surface area contributed by atoms with E-state index in [1.165, 1.54) is 89.9 Å². The number of rotatable bonds is 54. The van der Waals surface area contributed by atoms with Crippen molar-refractivity contribution in [1.29, 1.82) is 0 Å². The molecule has 0 aromatic rings. The highest BCUT2D eigenvalue weighted by atomic mass is 16.6. The molecule has 0 aromatic carbocycles. The second-order valence-corrected chi connectivity index (χ2v) is 19.9. The zero-order chi connectivity index (χ0) is 54.3. The van der Waals surface area contributed by atoms with Crippen LogP contribution in [-0.4, -0.2) is 37.2 Å². The molecule has 0 amide bonds. The maximum Gasteiger partial charge on any atom is 0.306 e. The van der Waals surface area contributed by atoms with E-state index < -0.39 is 6.10 Å². The molecule has 0 radical (unpaired) electrons. The maximum atomic E-state index is 12.9. The summed E-state index contributed by atoms with van der Waals surface area (Å²) in [5.41, 5.74) is 0.